The predicted molar refractivity (Wildman–Crippen MR) is 84.1 cm³/mol. The molecule has 124 valence electrons. The lowest BCUT2D eigenvalue weighted by molar-refractivity contribution is -0.132. The van der Waals surface area contributed by atoms with Crippen LogP contribution in [0.15, 0.2) is 33.5 Å². The summed E-state index contributed by atoms with van der Waals surface area (Å²) in [6, 6.07) is 7.09. The van der Waals surface area contributed by atoms with Gasteiger partial charge in [-0.1, -0.05) is 23.7 Å². The number of methoxy groups -OCH3 is 1. The number of nitrogens with zero attached hydrogens (tertiary/aromatic N) is 3. The van der Waals surface area contributed by atoms with Crippen LogP contribution in [0.1, 0.15) is 24.4 Å². The van der Waals surface area contributed by atoms with E-state index in [1.807, 2.05) is 19.1 Å². The van der Waals surface area contributed by atoms with E-state index in [9.17, 15) is 9.59 Å². The van der Waals surface area contributed by atoms with Gasteiger partial charge in [0, 0.05) is 19.2 Å². The van der Waals surface area contributed by atoms with E-state index in [0.29, 0.717) is 5.02 Å². The lowest BCUT2D eigenvalue weighted by Crippen LogP contribution is -2.35. The number of amides is 1. The molecule has 1 atom stereocenters. The molecule has 1 amide bonds. The molecule has 8 heteroatoms. The zero-order chi connectivity index (χ0) is 17.0. The molecule has 1 unspecified atom stereocenters. The number of likely N-dealkylation sites (N-methyl/N-ethyl adjacent to an activating group) is 1. The second kappa shape index (κ2) is 7.43. The van der Waals surface area contributed by atoms with Crippen molar-refractivity contribution in [3.63, 3.8) is 0 Å². The van der Waals surface area contributed by atoms with E-state index in [-0.39, 0.29) is 31.0 Å². The normalized spacial score (nSPS) is 12.2. The maximum Gasteiger partial charge on any atom is 0.437 e. The minimum atomic E-state index is -0.682. The molecule has 0 aliphatic rings. The second-order valence-electron chi connectivity index (χ2n) is 5.08. The summed E-state index contributed by atoms with van der Waals surface area (Å²) < 4.78 is 10.7. The molecule has 1 aromatic heterocycles. The molecular formula is C15H18ClN3O4. The van der Waals surface area contributed by atoms with Crippen LogP contribution >= 0.6 is 11.6 Å². The van der Waals surface area contributed by atoms with Gasteiger partial charge in [-0.25, -0.2) is 4.79 Å². The highest BCUT2D eigenvalue weighted by Crippen LogP contribution is 2.20. The summed E-state index contributed by atoms with van der Waals surface area (Å²) in [6.45, 7) is 1.77. The smallest absolute Gasteiger partial charge is 0.390 e. The molecule has 2 rings (SSSR count). The van der Waals surface area contributed by atoms with Crippen molar-refractivity contribution in [3.05, 3.63) is 51.3 Å². The molecule has 2 aromatic rings. The lowest BCUT2D eigenvalue weighted by atomic mass is 10.1. The molecule has 0 saturated carbocycles. The van der Waals surface area contributed by atoms with Crippen molar-refractivity contribution in [3.8, 4) is 0 Å². The fourth-order valence-electron chi connectivity index (χ4n) is 2.05. The van der Waals surface area contributed by atoms with Gasteiger partial charge in [0.05, 0.1) is 6.04 Å². The van der Waals surface area contributed by atoms with E-state index < -0.39 is 5.76 Å². The Bertz CT molecular complexity index is 723. The minimum Gasteiger partial charge on any atom is -0.390 e. The Morgan fingerprint density at radius 1 is 1.43 bits per heavy atom. The van der Waals surface area contributed by atoms with Gasteiger partial charge < -0.3 is 14.1 Å². The topological polar surface area (TPSA) is 77.6 Å². The summed E-state index contributed by atoms with van der Waals surface area (Å²) in [5.74, 6) is -0.802. The molecule has 0 fully saturated rings. The largest absolute Gasteiger partial charge is 0.437 e. The van der Waals surface area contributed by atoms with Crippen LogP contribution in [0.2, 0.25) is 5.02 Å². The zero-order valence-corrected chi connectivity index (χ0v) is 13.9. The monoisotopic (exact) mass is 339 g/mol. The van der Waals surface area contributed by atoms with Crippen molar-refractivity contribution in [1.29, 1.82) is 0 Å². The standard InChI is InChI=1S/C15H18ClN3O4/c1-10(11-4-6-12(16)7-5-11)18(2)14(20)8-19-15(21)23-13(17-19)9-22-3/h4-7,10H,8-9H2,1-3H3. The highest BCUT2D eigenvalue weighted by Gasteiger charge is 2.20. The van der Waals surface area contributed by atoms with Gasteiger partial charge >= 0.3 is 5.76 Å². The molecule has 0 radical (unpaired) electrons. The Morgan fingerprint density at radius 2 is 2.09 bits per heavy atom. The van der Waals surface area contributed by atoms with Crippen LogP contribution in [0.5, 0.6) is 0 Å². The van der Waals surface area contributed by atoms with E-state index >= 15 is 0 Å². The van der Waals surface area contributed by atoms with Gasteiger partial charge in [-0.2, -0.15) is 4.68 Å². The number of rotatable bonds is 6. The van der Waals surface area contributed by atoms with Crippen LogP contribution in [0.25, 0.3) is 0 Å². The van der Waals surface area contributed by atoms with Crippen LogP contribution in [0.4, 0.5) is 0 Å². The molecule has 0 aliphatic heterocycles. The summed E-state index contributed by atoms with van der Waals surface area (Å²) in [5.41, 5.74) is 0.942. The number of carbonyl (C=O) groups excluding carboxylic acids is 1. The summed E-state index contributed by atoms with van der Waals surface area (Å²) >= 11 is 5.86. The van der Waals surface area contributed by atoms with Crippen LogP contribution < -0.4 is 5.76 Å². The van der Waals surface area contributed by atoms with Gasteiger partial charge in [0.25, 0.3) is 0 Å². The third-order valence-corrected chi connectivity index (χ3v) is 3.78. The van der Waals surface area contributed by atoms with E-state index in [0.717, 1.165) is 10.2 Å². The molecule has 23 heavy (non-hydrogen) atoms. The third kappa shape index (κ3) is 4.20. The van der Waals surface area contributed by atoms with Crippen molar-refractivity contribution in [2.45, 2.75) is 26.1 Å². The highest BCUT2D eigenvalue weighted by atomic mass is 35.5. The van der Waals surface area contributed by atoms with Gasteiger partial charge in [0.15, 0.2) is 0 Å². The van der Waals surface area contributed by atoms with Crippen LogP contribution in [-0.2, 0) is 22.7 Å². The average molecular weight is 340 g/mol. The van der Waals surface area contributed by atoms with Crippen molar-refractivity contribution in [2.75, 3.05) is 14.2 Å². The molecule has 7 nitrogen and oxygen atoms in total. The molecule has 0 aliphatic carbocycles. The predicted octanol–water partition coefficient (Wildman–Crippen LogP) is 1.86. The first-order chi connectivity index (χ1) is 10.9. The number of halogens is 1. The maximum absolute atomic E-state index is 12.3. The SMILES string of the molecule is COCc1nn(CC(=O)N(C)C(C)c2ccc(Cl)cc2)c(=O)o1. The first-order valence-corrected chi connectivity index (χ1v) is 7.37. The number of hydrogen-bond donors (Lipinski definition) is 0. The number of carbonyl (C=O) groups is 1. The van der Waals surface area contributed by atoms with Gasteiger partial charge in [0.2, 0.25) is 11.8 Å². The number of ether oxygens (including phenoxy) is 1. The van der Waals surface area contributed by atoms with E-state index in [2.05, 4.69) is 5.10 Å². The van der Waals surface area contributed by atoms with Crippen LogP contribution in [-0.4, -0.2) is 34.7 Å². The average Bonchev–Trinajstić information content (AvgIpc) is 2.86. The Labute approximate surface area is 138 Å². The van der Waals surface area contributed by atoms with E-state index in [1.165, 1.54) is 7.11 Å². The molecular weight excluding hydrogens is 322 g/mol. The molecule has 1 heterocycles. The maximum atomic E-state index is 12.3. The fourth-order valence-corrected chi connectivity index (χ4v) is 2.18. The summed E-state index contributed by atoms with van der Waals surface area (Å²) in [4.78, 5) is 25.5. The minimum absolute atomic E-state index is 0.0768. The Balaban J connectivity index is 2.07. The quantitative estimate of drug-likeness (QED) is 0.802. The van der Waals surface area contributed by atoms with Gasteiger partial charge in [0.1, 0.15) is 13.2 Å². The lowest BCUT2D eigenvalue weighted by Gasteiger charge is -2.25. The van der Waals surface area contributed by atoms with Gasteiger partial charge in [-0.05, 0) is 24.6 Å². The van der Waals surface area contributed by atoms with Gasteiger partial charge in [-0.3, -0.25) is 4.79 Å². The van der Waals surface area contributed by atoms with E-state index in [4.69, 9.17) is 20.8 Å². The molecule has 0 bridgehead atoms. The number of hydrogen-bond acceptors (Lipinski definition) is 5. The summed E-state index contributed by atoms with van der Waals surface area (Å²) in [7, 11) is 3.13. The first-order valence-electron chi connectivity index (χ1n) is 6.99. The van der Waals surface area contributed by atoms with Crippen LogP contribution in [0.3, 0.4) is 0 Å². The van der Waals surface area contributed by atoms with E-state index in [1.54, 1.807) is 24.1 Å². The third-order valence-electron chi connectivity index (χ3n) is 3.53. The van der Waals surface area contributed by atoms with Crippen LogP contribution in [0, 0.1) is 0 Å². The molecule has 0 spiro atoms. The summed E-state index contributed by atoms with van der Waals surface area (Å²) in [6.07, 6.45) is 0. The Kier molecular flexibility index (Phi) is 5.57. The van der Waals surface area contributed by atoms with Crippen molar-refractivity contribution >= 4 is 17.5 Å². The number of benzene rings is 1. The Morgan fingerprint density at radius 3 is 2.70 bits per heavy atom. The van der Waals surface area contributed by atoms with Crippen molar-refractivity contribution < 1.29 is 13.9 Å². The fraction of sp³-hybridized carbons (Fsp3) is 0.400. The second-order valence-corrected chi connectivity index (χ2v) is 5.52. The van der Waals surface area contributed by atoms with Gasteiger partial charge in [-0.15, -0.1) is 5.10 Å². The van der Waals surface area contributed by atoms with Crippen molar-refractivity contribution in [2.24, 2.45) is 0 Å². The first kappa shape index (κ1) is 17.2. The highest BCUT2D eigenvalue weighted by molar-refractivity contribution is 6.30. The van der Waals surface area contributed by atoms with Crippen molar-refractivity contribution in [1.82, 2.24) is 14.7 Å². The molecule has 1 aromatic carbocycles. The molecule has 0 saturated heterocycles. The molecule has 0 N–H and O–H groups in total. The summed E-state index contributed by atoms with van der Waals surface area (Å²) in [5, 5.41) is 4.55. The Hall–Kier alpha value is -2.12. The zero-order valence-electron chi connectivity index (χ0n) is 13.2. The number of aromatic nitrogens is 2.